The van der Waals surface area contributed by atoms with Gasteiger partial charge in [-0.3, -0.25) is 4.79 Å². The average molecular weight is 250 g/mol. The number of rotatable bonds is 6. The Balaban J connectivity index is 2.59. The molecule has 1 unspecified atom stereocenters. The molecule has 1 aromatic rings. The molecule has 0 aliphatic heterocycles. The van der Waals surface area contributed by atoms with Crippen LogP contribution < -0.4 is 15.8 Å². The maximum Gasteiger partial charge on any atom is 0.223 e. The van der Waals surface area contributed by atoms with Crippen molar-refractivity contribution in [2.45, 2.75) is 33.2 Å². The number of hydrogen-bond acceptors (Lipinski definition) is 3. The molecule has 1 atom stereocenters. The fourth-order valence-electron chi connectivity index (χ4n) is 1.69. The first-order valence-electron chi connectivity index (χ1n) is 6.30. The maximum atomic E-state index is 11.3. The Morgan fingerprint density at radius 2 is 2.22 bits per heavy atom. The Morgan fingerprint density at radius 1 is 1.50 bits per heavy atom. The molecule has 4 heteroatoms. The molecular weight excluding hydrogens is 228 g/mol. The lowest BCUT2D eigenvalue weighted by Crippen LogP contribution is -2.24. The molecule has 0 spiro atoms. The second-order valence-corrected chi connectivity index (χ2v) is 4.38. The Bertz CT molecular complexity index is 403. The van der Waals surface area contributed by atoms with Crippen molar-refractivity contribution in [1.29, 1.82) is 0 Å². The standard InChI is InChI=1S/C14H22N2O2/c1-4-16-14(17)7-8-18-13-6-5-10(2)9-12(13)11(3)15/h5-6,9,11H,4,7-8,15H2,1-3H3,(H,16,17). The second kappa shape index (κ2) is 7.01. The highest BCUT2D eigenvalue weighted by Gasteiger charge is 2.09. The molecule has 0 radical (unpaired) electrons. The van der Waals surface area contributed by atoms with Crippen molar-refractivity contribution in [2.24, 2.45) is 5.73 Å². The van der Waals surface area contributed by atoms with Crippen molar-refractivity contribution in [3.63, 3.8) is 0 Å². The fraction of sp³-hybridized carbons (Fsp3) is 0.500. The van der Waals surface area contributed by atoms with E-state index in [1.165, 1.54) is 0 Å². The molecule has 100 valence electrons. The van der Waals surface area contributed by atoms with E-state index < -0.39 is 0 Å². The van der Waals surface area contributed by atoms with E-state index in [4.69, 9.17) is 10.5 Å². The normalized spacial score (nSPS) is 12.0. The van der Waals surface area contributed by atoms with Gasteiger partial charge in [0.05, 0.1) is 13.0 Å². The summed E-state index contributed by atoms with van der Waals surface area (Å²) in [4.78, 5) is 11.3. The van der Waals surface area contributed by atoms with Crippen molar-refractivity contribution >= 4 is 5.91 Å². The van der Waals surface area contributed by atoms with Crippen molar-refractivity contribution in [2.75, 3.05) is 13.2 Å². The van der Waals surface area contributed by atoms with Crippen LogP contribution in [0.2, 0.25) is 0 Å². The summed E-state index contributed by atoms with van der Waals surface area (Å²) in [6, 6.07) is 5.83. The summed E-state index contributed by atoms with van der Waals surface area (Å²) in [6.07, 6.45) is 0.361. The van der Waals surface area contributed by atoms with Gasteiger partial charge in [0.2, 0.25) is 5.91 Å². The van der Waals surface area contributed by atoms with E-state index in [2.05, 4.69) is 5.32 Å². The van der Waals surface area contributed by atoms with Gasteiger partial charge in [-0.15, -0.1) is 0 Å². The Hall–Kier alpha value is -1.55. The molecule has 0 aliphatic rings. The first-order chi connectivity index (χ1) is 8.54. The van der Waals surface area contributed by atoms with Crippen LogP contribution in [0.5, 0.6) is 5.75 Å². The van der Waals surface area contributed by atoms with Gasteiger partial charge in [0.15, 0.2) is 0 Å². The van der Waals surface area contributed by atoms with Gasteiger partial charge >= 0.3 is 0 Å². The molecule has 0 fully saturated rings. The van der Waals surface area contributed by atoms with Crippen LogP contribution in [0.15, 0.2) is 18.2 Å². The topological polar surface area (TPSA) is 64.3 Å². The van der Waals surface area contributed by atoms with E-state index in [1.54, 1.807) is 0 Å². The first-order valence-corrected chi connectivity index (χ1v) is 6.30. The Kier molecular flexibility index (Phi) is 5.65. The minimum absolute atomic E-state index is 0.00644. The van der Waals surface area contributed by atoms with Gasteiger partial charge < -0.3 is 15.8 Å². The zero-order valence-corrected chi connectivity index (χ0v) is 11.3. The average Bonchev–Trinajstić information content (AvgIpc) is 2.31. The van der Waals surface area contributed by atoms with E-state index in [0.717, 1.165) is 16.9 Å². The van der Waals surface area contributed by atoms with E-state index in [-0.39, 0.29) is 11.9 Å². The fourth-order valence-corrected chi connectivity index (χ4v) is 1.69. The summed E-state index contributed by atoms with van der Waals surface area (Å²) in [5, 5.41) is 2.73. The summed E-state index contributed by atoms with van der Waals surface area (Å²) in [5.41, 5.74) is 8.03. The van der Waals surface area contributed by atoms with Gasteiger partial charge in [0, 0.05) is 18.2 Å². The SMILES string of the molecule is CCNC(=O)CCOc1ccc(C)cc1C(C)N. The number of carbonyl (C=O) groups excluding carboxylic acids is 1. The van der Waals surface area contributed by atoms with Crippen LogP contribution in [0.3, 0.4) is 0 Å². The lowest BCUT2D eigenvalue weighted by Gasteiger charge is -2.14. The van der Waals surface area contributed by atoms with E-state index in [0.29, 0.717) is 19.6 Å². The predicted molar refractivity (Wildman–Crippen MR) is 72.6 cm³/mol. The summed E-state index contributed by atoms with van der Waals surface area (Å²) in [7, 11) is 0. The Morgan fingerprint density at radius 3 is 2.83 bits per heavy atom. The summed E-state index contributed by atoms with van der Waals surface area (Å²) >= 11 is 0. The highest BCUT2D eigenvalue weighted by Crippen LogP contribution is 2.25. The molecule has 0 saturated heterocycles. The van der Waals surface area contributed by atoms with E-state index in [1.807, 2.05) is 39.0 Å². The van der Waals surface area contributed by atoms with Gasteiger partial charge in [-0.2, -0.15) is 0 Å². The molecule has 1 rings (SSSR count). The molecule has 0 saturated carbocycles. The largest absolute Gasteiger partial charge is 0.493 e. The van der Waals surface area contributed by atoms with Crippen molar-refractivity contribution in [3.8, 4) is 5.75 Å². The number of benzene rings is 1. The molecule has 18 heavy (non-hydrogen) atoms. The third-order valence-electron chi connectivity index (χ3n) is 2.62. The number of amides is 1. The molecular formula is C14H22N2O2. The number of carbonyl (C=O) groups is 1. The van der Waals surface area contributed by atoms with E-state index >= 15 is 0 Å². The lowest BCUT2D eigenvalue weighted by atomic mass is 10.1. The lowest BCUT2D eigenvalue weighted by molar-refractivity contribution is -0.121. The number of nitrogens with two attached hydrogens (primary N) is 1. The predicted octanol–water partition coefficient (Wildman–Crippen LogP) is 1.92. The second-order valence-electron chi connectivity index (χ2n) is 4.38. The number of nitrogens with one attached hydrogen (secondary N) is 1. The van der Waals surface area contributed by atoms with Crippen LogP contribution in [0.4, 0.5) is 0 Å². The zero-order chi connectivity index (χ0) is 13.5. The molecule has 0 bridgehead atoms. The molecule has 0 aliphatic carbocycles. The van der Waals surface area contributed by atoms with E-state index in [9.17, 15) is 4.79 Å². The molecule has 0 aromatic heterocycles. The van der Waals surface area contributed by atoms with Gasteiger partial charge in [-0.05, 0) is 26.8 Å². The Labute approximate surface area is 109 Å². The summed E-state index contributed by atoms with van der Waals surface area (Å²) in [6.45, 7) is 6.85. The first kappa shape index (κ1) is 14.5. The number of aryl methyl sites for hydroxylation is 1. The number of hydrogen-bond donors (Lipinski definition) is 2. The molecule has 1 aromatic carbocycles. The molecule has 4 nitrogen and oxygen atoms in total. The van der Waals surface area contributed by atoms with Crippen molar-refractivity contribution in [3.05, 3.63) is 29.3 Å². The highest BCUT2D eigenvalue weighted by atomic mass is 16.5. The third kappa shape index (κ3) is 4.37. The van der Waals surface area contributed by atoms with Gasteiger partial charge in [0.1, 0.15) is 5.75 Å². The smallest absolute Gasteiger partial charge is 0.223 e. The van der Waals surface area contributed by atoms with Crippen LogP contribution in [0.25, 0.3) is 0 Å². The minimum atomic E-state index is -0.0793. The van der Waals surface area contributed by atoms with Crippen LogP contribution >= 0.6 is 0 Å². The number of ether oxygens (including phenoxy) is 1. The van der Waals surface area contributed by atoms with Crippen LogP contribution in [-0.4, -0.2) is 19.1 Å². The third-order valence-corrected chi connectivity index (χ3v) is 2.62. The highest BCUT2D eigenvalue weighted by molar-refractivity contribution is 5.75. The zero-order valence-electron chi connectivity index (χ0n) is 11.3. The molecule has 0 heterocycles. The minimum Gasteiger partial charge on any atom is -0.493 e. The summed E-state index contributed by atoms with van der Waals surface area (Å²) in [5.74, 6) is 0.770. The van der Waals surface area contributed by atoms with Crippen molar-refractivity contribution in [1.82, 2.24) is 5.32 Å². The van der Waals surface area contributed by atoms with Crippen LogP contribution in [0.1, 0.15) is 37.4 Å². The van der Waals surface area contributed by atoms with Crippen molar-refractivity contribution < 1.29 is 9.53 Å². The monoisotopic (exact) mass is 250 g/mol. The summed E-state index contributed by atoms with van der Waals surface area (Å²) < 4.78 is 5.63. The van der Waals surface area contributed by atoms with Gasteiger partial charge in [-0.25, -0.2) is 0 Å². The van der Waals surface area contributed by atoms with Crippen LogP contribution in [-0.2, 0) is 4.79 Å². The van der Waals surface area contributed by atoms with Gasteiger partial charge in [0.25, 0.3) is 0 Å². The van der Waals surface area contributed by atoms with Crippen LogP contribution in [0, 0.1) is 6.92 Å². The van der Waals surface area contributed by atoms with Gasteiger partial charge in [-0.1, -0.05) is 17.7 Å². The molecule has 3 N–H and O–H groups in total. The maximum absolute atomic E-state index is 11.3. The quantitative estimate of drug-likeness (QED) is 0.810. The molecule has 1 amide bonds.